The number of nitrogens with zero attached hydrogens (tertiary/aromatic N) is 3. The maximum absolute atomic E-state index is 13.1. The van der Waals surface area contributed by atoms with Gasteiger partial charge in [-0.2, -0.15) is 0 Å². The predicted molar refractivity (Wildman–Crippen MR) is 133 cm³/mol. The summed E-state index contributed by atoms with van der Waals surface area (Å²) in [6.07, 6.45) is -0.876. The van der Waals surface area contributed by atoms with Gasteiger partial charge in [-0.05, 0) is 61.0 Å². The lowest BCUT2D eigenvalue weighted by atomic mass is 10.2. The summed E-state index contributed by atoms with van der Waals surface area (Å²) in [7, 11) is 0. The van der Waals surface area contributed by atoms with Gasteiger partial charge in [0.2, 0.25) is 0 Å². The first-order chi connectivity index (χ1) is 17.8. The van der Waals surface area contributed by atoms with E-state index in [0.717, 1.165) is 17.0 Å². The van der Waals surface area contributed by atoms with Crippen molar-refractivity contribution in [3.63, 3.8) is 0 Å². The predicted octanol–water partition coefficient (Wildman–Crippen LogP) is 4.01. The van der Waals surface area contributed by atoms with E-state index in [1.54, 1.807) is 54.0 Å². The van der Waals surface area contributed by atoms with Crippen LogP contribution in [0.2, 0.25) is 0 Å². The Hall–Kier alpha value is -4.73. The quantitative estimate of drug-likeness (QED) is 0.366. The summed E-state index contributed by atoms with van der Waals surface area (Å²) < 4.78 is 25.6. The Morgan fingerprint density at radius 1 is 1.00 bits per heavy atom. The minimum atomic E-state index is -1.20. The number of amides is 1. The highest BCUT2D eigenvalue weighted by atomic mass is 19.1. The molecule has 1 aromatic heterocycles. The summed E-state index contributed by atoms with van der Waals surface area (Å²) in [6, 6.07) is 18.8. The number of carbonyl (C=O) groups is 2. The van der Waals surface area contributed by atoms with Crippen molar-refractivity contribution in [3.8, 4) is 11.5 Å². The molecule has 4 aromatic rings. The Morgan fingerprint density at radius 3 is 2.38 bits per heavy atom. The van der Waals surface area contributed by atoms with Crippen LogP contribution >= 0.6 is 0 Å². The fourth-order valence-electron chi connectivity index (χ4n) is 3.72. The van der Waals surface area contributed by atoms with Crippen molar-refractivity contribution in [2.24, 2.45) is 0 Å². The van der Waals surface area contributed by atoms with Crippen molar-refractivity contribution in [3.05, 3.63) is 100 Å². The molecular formula is C27H24FN3O6. The molecule has 0 aliphatic carbocycles. The zero-order chi connectivity index (χ0) is 26.4. The van der Waals surface area contributed by atoms with Crippen LogP contribution in [0.15, 0.2) is 77.6 Å². The molecule has 0 radical (unpaired) electrons. The molecule has 1 amide bonds. The fourth-order valence-corrected chi connectivity index (χ4v) is 3.72. The number of para-hydroxylation sites is 1. The van der Waals surface area contributed by atoms with Gasteiger partial charge in [-0.3, -0.25) is 19.1 Å². The molecule has 0 atom stereocenters. The number of benzene rings is 3. The van der Waals surface area contributed by atoms with Gasteiger partial charge in [0, 0.05) is 6.54 Å². The summed E-state index contributed by atoms with van der Waals surface area (Å²) in [4.78, 5) is 42.0. The van der Waals surface area contributed by atoms with Crippen molar-refractivity contribution in [1.29, 1.82) is 0 Å². The molecular weight excluding hydrogens is 481 g/mol. The molecule has 0 spiro atoms. The number of hydrogen-bond donors (Lipinski definition) is 1. The minimum absolute atomic E-state index is 0.0239. The molecule has 3 aromatic carbocycles. The molecule has 0 unspecified atom stereocenters. The number of carboxylic acids is 1. The summed E-state index contributed by atoms with van der Waals surface area (Å²) in [5.41, 5.74) is 1.17. The number of aryl methyl sites for hydroxylation is 1. The third kappa shape index (κ3) is 6.49. The van der Waals surface area contributed by atoms with Crippen LogP contribution in [-0.4, -0.2) is 44.8 Å². The van der Waals surface area contributed by atoms with Crippen molar-refractivity contribution >= 4 is 23.0 Å². The van der Waals surface area contributed by atoms with E-state index in [1.807, 2.05) is 6.07 Å². The number of carboxylic acid groups (broad SMARTS) is 1. The van der Waals surface area contributed by atoms with Crippen LogP contribution < -0.4 is 15.0 Å². The number of carbonyl (C=O) groups excluding carboxylic acids is 1. The highest BCUT2D eigenvalue weighted by Gasteiger charge is 2.19. The first-order valence-corrected chi connectivity index (χ1v) is 11.4. The monoisotopic (exact) mass is 505 g/mol. The van der Waals surface area contributed by atoms with Gasteiger partial charge in [-0.1, -0.05) is 24.3 Å². The second-order valence-electron chi connectivity index (χ2n) is 8.20. The maximum atomic E-state index is 13.1. The summed E-state index contributed by atoms with van der Waals surface area (Å²) in [6.45, 7) is 1.71. The van der Waals surface area contributed by atoms with E-state index in [1.165, 1.54) is 12.1 Å². The zero-order valence-corrected chi connectivity index (χ0v) is 20.0. The molecule has 0 bridgehead atoms. The molecule has 10 heteroatoms. The van der Waals surface area contributed by atoms with E-state index in [4.69, 9.17) is 9.47 Å². The van der Waals surface area contributed by atoms with Gasteiger partial charge < -0.3 is 14.6 Å². The molecule has 190 valence electrons. The molecule has 1 N–H and O–H groups in total. The zero-order valence-electron chi connectivity index (χ0n) is 20.0. The van der Waals surface area contributed by atoms with Gasteiger partial charge in [0.25, 0.3) is 5.56 Å². The first-order valence-electron chi connectivity index (χ1n) is 11.4. The molecule has 0 aliphatic heterocycles. The Morgan fingerprint density at radius 2 is 1.68 bits per heavy atom. The highest BCUT2D eigenvalue weighted by Crippen LogP contribution is 2.17. The molecule has 37 heavy (non-hydrogen) atoms. The lowest BCUT2D eigenvalue weighted by Crippen LogP contribution is -2.37. The number of aromatic nitrogens is 2. The third-order valence-electron chi connectivity index (χ3n) is 5.54. The van der Waals surface area contributed by atoms with E-state index < -0.39 is 24.4 Å². The Bertz CT molecular complexity index is 1470. The molecule has 1 heterocycles. The van der Waals surface area contributed by atoms with Gasteiger partial charge in [-0.15, -0.1) is 0 Å². The van der Waals surface area contributed by atoms with Crippen molar-refractivity contribution in [1.82, 2.24) is 14.5 Å². The SMILES string of the molecule is Cc1nc2ccccc2c(=O)n1CCOc1ccc(CN(CC(=O)O)C(=O)Oc2ccc(F)cc2)cc1. The number of hydrogen-bond acceptors (Lipinski definition) is 6. The number of rotatable bonds is 9. The second-order valence-corrected chi connectivity index (χ2v) is 8.20. The van der Waals surface area contributed by atoms with Crippen molar-refractivity contribution in [2.75, 3.05) is 13.2 Å². The molecule has 0 saturated heterocycles. The largest absolute Gasteiger partial charge is 0.492 e. The lowest BCUT2D eigenvalue weighted by molar-refractivity contribution is -0.138. The lowest BCUT2D eigenvalue weighted by Gasteiger charge is -2.20. The summed E-state index contributed by atoms with van der Waals surface area (Å²) in [5, 5.41) is 9.74. The normalized spacial score (nSPS) is 10.8. The Kier molecular flexibility index (Phi) is 7.77. The minimum Gasteiger partial charge on any atom is -0.492 e. The topological polar surface area (TPSA) is 111 Å². The smallest absolute Gasteiger partial charge is 0.416 e. The van der Waals surface area contributed by atoms with Gasteiger partial charge in [-0.25, -0.2) is 14.2 Å². The average molecular weight is 506 g/mol. The van der Waals surface area contributed by atoms with Gasteiger partial charge in [0.15, 0.2) is 0 Å². The average Bonchev–Trinajstić information content (AvgIpc) is 2.87. The van der Waals surface area contributed by atoms with Crippen molar-refractivity contribution < 1.29 is 28.6 Å². The van der Waals surface area contributed by atoms with E-state index in [0.29, 0.717) is 34.6 Å². The summed E-state index contributed by atoms with van der Waals surface area (Å²) in [5.74, 6) is -0.456. The first kappa shape index (κ1) is 25.4. The van der Waals surface area contributed by atoms with E-state index >= 15 is 0 Å². The Labute approximate surface area is 211 Å². The van der Waals surface area contributed by atoms with Gasteiger partial charge >= 0.3 is 12.1 Å². The molecule has 0 fully saturated rings. The van der Waals surface area contributed by atoms with E-state index in [2.05, 4.69) is 4.98 Å². The van der Waals surface area contributed by atoms with Crippen molar-refractivity contribution in [2.45, 2.75) is 20.0 Å². The highest BCUT2D eigenvalue weighted by molar-refractivity contribution is 5.78. The maximum Gasteiger partial charge on any atom is 0.416 e. The van der Waals surface area contributed by atoms with Crippen LogP contribution in [-0.2, 0) is 17.9 Å². The van der Waals surface area contributed by atoms with Crippen LogP contribution in [0, 0.1) is 12.7 Å². The molecule has 9 nitrogen and oxygen atoms in total. The summed E-state index contributed by atoms with van der Waals surface area (Å²) >= 11 is 0. The van der Waals surface area contributed by atoms with E-state index in [-0.39, 0.29) is 24.5 Å². The van der Waals surface area contributed by atoms with Crippen LogP contribution in [0.4, 0.5) is 9.18 Å². The number of halogens is 1. The van der Waals surface area contributed by atoms with Crippen LogP contribution in [0.1, 0.15) is 11.4 Å². The fraction of sp³-hybridized carbons (Fsp3) is 0.185. The van der Waals surface area contributed by atoms with Crippen LogP contribution in [0.25, 0.3) is 10.9 Å². The molecule has 4 rings (SSSR count). The third-order valence-corrected chi connectivity index (χ3v) is 5.54. The molecule has 0 aliphatic rings. The van der Waals surface area contributed by atoms with Crippen LogP contribution in [0.3, 0.4) is 0 Å². The van der Waals surface area contributed by atoms with Gasteiger partial charge in [0.05, 0.1) is 17.4 Å². The second kappa shape index (κ2) is 11.3. The van der Waals surface area contributed by atoms with Gasteiger partial charge in [0.1, 0.15) is 36.3 Å². The standard InChI is InChI=1S/C27H24FN3O6/c1-18-29-24-5-3-2-4-23(24)26(34)31(18)14-15-36-21-10-6-19(7-11-21)16-30(17-25(32)33)27(35)37-22-12-8-20(28)9-13-22/h2-13H,14-17H2,1H3,(H,32,33). The number of ether oxygens (including phenoxy) is 2. The number of aliphatic carboxylic acids is 1. The van der Waals surface area contributed by atoms with Crippen LogP contribution in [0.5, 0.6) is 11.5 Å². The molecule has 0 saturated carbocycles. The van der Waals surface area contributed by atoms with E-state index in [9.17, 15) is 23.9 Å². The number of fused-ring (bicyclic) bond motifs is 1. The Balaban J connectivity index is 1.37.